The lowest BCUT2D eigenvalue weighted by atomic mass is 9.82. The lowest BCUT2D eigenvalue weighted by Crippen LogP contribution is -2.39. The molecule has 1 amide bonds. The van der Waals surface area contributed by atoms with Gasteiger partial charge in [0.2, 0.25) is 6.41 Å². The van der Waals surface area contributed by atoms with Crippen LogP contribution in [0.15, 0.2) is 0 Å². The van der Waals surface area contributed by atoms with Gasteiger partial charge in [-0.2, -0.15) is 0 Å². The van der Waals surface area contributed by atoms with Gasteiger partial charge in [-0.15, -0.1) is 0 Å². The summed E-state index contributed by atoms with van der Waals surface area (Å²) in [4.78, 5) is 9.80. The van der Waals surface area contributed by atoms with E-state index in [1.165, 1.54) is 12.8 Å². The minimum absolute atomic E-state index is 0.488. The molecule has 0 heterocycles. The lowest BCUT2D eigenvalue weighted by molar-refractivity contribution is -0.110. The van der Waals surface area contributed by atoms with Crippen LogP contribution in [0.4, 0.5) is 0 Å². The Labute approximate surface area is 49.3 Å². The van der Waals surface area contributed by atoms with Crippen molar-refractivity contribution in [3.05, 3.63) is 0 Å². The highest BCUT2D eigenvalue weighted by molar-refractivity contribution is 5.46. The Bertz CT molecular complexity index is 86.5. The van der Waals surface area contributed by atoms with Gasteiger partial charge in [-0.3, -0.25) is 4.79 Å². The fourth-order valence-corrected chi connectivity index (χ4v) is 1.13. The summed E-state index contributed by atoms with van der Waals surface area (Å²) in [5.74, 6) is 0.826. The Morgan fingerprint density at radius 3 is 2.62 bits per heavy atom. The van der Waals surface area contributed by atoms with Crippen LogP contribution in [-0.2, 0) is 4.79 Å². The van der Waals surface area contributed by atoms with Crippen LogP contribution in [-0.4, -0.2) is 12.5 Å². The summed E-state index contributed by atoms with van der Waals surface area (Å²) in [5.41, 5.74) is 0. The molecule has 46 valence electrons. The quantitative estimate of drug-likeness (QED) is 0.520. The van der Waals surface area contributed by atoms with E-state index < -0.39 is 0 Å². The van der Waals surface area contributed by atoms with Crippen molar-refractivity contribution in [3.63, 3.8) is 0 Å². The van der Waals surface area contributed by atoms with Gasteiger partial charge in [-0.25, -0.2) is 0 Å². The Morgan fingerprint density at radius 2 is 2.25 bits per heavy atom. The summed E-state index contributed by atoms with van der Waals surface area (Å²) in [5, 5.41) is 2.73. The minimum Gasteiger partial charge on any atom is -0.356 e. The van der Waals surface area contributed by atoms with E-state index in [0.29, 0.717) is 6.04 Å². The molecule has 0 saturated heterocycles. The second-order valence-electron chi connectivity index (χ2n) is 2.56. The van der Waals surface area contributed by atoms with Crippen molar-refractivity contribution < 1.29 is 4.79 Å². The molecule has 0 aliphatic heterocycles. The maximum atomic E-state index is 9.80. The third kappa shape index (κ3) is 0.997. The van der Waals surface area contributed by atoms with E-state index >= 15 is 0 Å². The van der Waals surface area contributed by atoms with E-state index in [1.54, 1.807) is 0 Å². The summed E-state index contributed by atoms with van der Waals surface area (Å²) >= 11 is 0. The zero-order valence-corrected chi connectivity index (χ0v) is 5.05. The second-order valence-corrected chi connectivity index (χ2v) is 2.56. The van der Waals surface area contributed by atoms with E-state index in [4.69, 9.17) is 0 Å². The Morgan fingerprint density at radius 1 is 1.62 bits per heavy atom. The first-order valence-electron chi connectivity index (χ1n) is 3.02. The molecule has 1 N–H and O–H groups in total. The number of hydrogen-bond donors (Lipinski definition) is 1. The number of carbonyl (C=O) groups is 1. The molecule has 0 atom stereocenters. The van der Waals surface area contributed by atoms with Crippen LogP contribution in [0.2, 0.25) is 0 Å². The van der Waals surface area contributed by atoms with Gasteiger partial charge in [-0.1, -0.05) is 6.92 Å². The van der Waals surface area contributed by atoms with Gasteiger partial charge in [-0.05, 0) is 18.8 Å². The smallest absolute Gasteiger partial charge is 0.207 e. The summed E-state index contributed by atoms with van der Waals surface area (Å²) in [7, 11) is 0. The maximum absolute atomic E-state index is 9.80. The average Bonchev–Trinajstić information content (AvgIpc) is 1.64. The fourth-order valence-electron chi connectivity index (χ4n) is 1.13. The highest BCUT2D eigenvalue weighted by atomic mass is 16.1. The first kappa shape index (κ1) is 5.60. The zero-order chi connectivity index (χ0) is 5.98. The topological polar surface area (TPSA) is 29.1 Å². The van der Waals surface area contributed by atoms with Crippen molar-refractivity contribution in [1.29, 1.82) is 0 Å². The lowest BCUT2D eigenvalue weighted by Gasteiger charge is -2.31. The average molecular weight is 113 g/mol. The molecule has 0 unspecified atom stereocenters. The van der Waals surface area contributed by atoms with Crippen molar-refractivity contribution in [3.8, 4) is 0 Å². The molecule has 1 rings (SSSR count). The largest absolute Gasteiger partial charge is 0.356 e. The molecule has 2 heteroatoms. The second kappa shape index (κ2) is 2.16. The summed E-state index contributed by atoms with van der Waals surface area (Å²) in [6, 6.07) is 0.488. The van der Waals surface area contributed by atoms with Gasteiger partial charge in [0.25, 0.3) is 0 Å². The van der Waals surface area contributed by atoms with E-state index in [9.17, 15) is 4.79 Å². The highest BCUT2D eigenvalue weighted by Gasteiger charge is 2.23. The van der Waals surface area contributed by atoms with Crippen molar-refractivity contribution in [2.75, 3.05) is 0 Å². The Balaban J connectivity index is 2.06. The van der Waals surface area contributed by atoms with E-state index in [0.717, 1.165) is 12.3 Å². The van der Waals surface area contributed by atoms with Gasteiger partial charge in [0.1, 0.15) is 0 Å². The molecule has 0 radical (unpaired) electrons. The Hall–Kier alpha value is -0.530. The maximum Gasteiger partial charge on any atom is 0.207 e. The molecule has 0 bridgehead atoms. The third-order valence-electron chi connectivity index (χ3n) is 1.68. The third-order valence-corrected chi connectivity index (χ3v) is 1.68. The first-order chi connectivity index (χ1) is 3.83. The Kier molecular flexibility index (Phi) is 1.51. The zero-order valence-electron chi connectivity index (χ0n) is 5.05. The molecule has 8 heavy (non-hydrogen) atoms. The van der Waals surface area contributed by atoms with E-state index in [1.807, 2.05) is 0 Å². The standard InChI is InChI=1S/C6H11NO/c1-5-2-6(3-5)7-4-8/h4-6H,2-3H2,1H3,(H,7,8). The molecule has 0 spiro atoms. The first-order valence-corrected chi connectivity index (χ1v) is 3.02. The SMILES string of the molecule is CC1CC(NC=O)C1. The van der Waals surface area contributed by atoms with Gasteiger partial charge < -0.3 is 5.32 Å². The van der Waals surface area contributed by atoms with Gasteiger partial charge >= 0.3 is 0 Å². The number of hydrogen-bond acceptors (Lipinski definition) is 1. The van der Waals surface area contributed by atoms with Crippen LogP contribution in [0, 0.1) is 5.92 Å². The molecule has 0 aromatic heterocycles. The summed E-state index contributed by atoms with van der Waals surface area (Å²) in [6.07, 6.45) is 3.12. The molecular formula is C6H11NO. The highest BCUT2D eigenvalue weighted by Crippen LogP contribution is 2.25. The number of amides is 1. The van der Waals surface area contributed by atoms with E-state index in [-0.39, 0.29) is 0 Å². The van der Waals surface area contributed by atoms with Crippen LogP contribution in [0.3, 0.4) is 0 Å². The van der Waals surface area contributed by atoms with Crippen LogP contribution in [0.5, 0.6) is 0 Å². The van der Waals surface area contributed by atoms with Gasteiger partial charge in [0.05, 0.1) is 0 Å². The molecule has 2 nitrogen and oxygen atoms in total. The van der Waals surface area contributed by atoms with Crippen molar-refractivity contribution >= 4 is 6.41 Å². The fraction of sp³-hybridized carbons (Fsp3) is 0.833. The van der Waals surface area contributed by atoms with Gasteiger partial charge in [0, 0.05) is 6.04 Å². The van der Waals surface area contributed by atoms with Crippen LogP contribution >= 0.6 is 0 Å². The van der Waals surface area contributed by atoms with Crippen molar-refractivity contribution in [1.82, 2.24) is 5.32 Å². The molecular weight excluding hydrogens is 102 g/mol. The molecule has 1 aliphatic carbocycles. The molecule has 1 fully saturated rings. The molecule has 0 aromatic rings. The van der Waals surface area contributed by atoms with Gasteiger partial charge in [0.15, 0.2) is 0 Å². The summed E-state index contributed by atoms with van der Waals surface area (Å²) in [6.45, 7) is 2.20. The molecule has 1 aliphatic rings. The van der Waals surface area contributed by atoms with Crippen LogP contribution in [0.1, 0.15) is 19.8 Å². The number of carbonyl (C=O) groups excluding carboxylic acids is 1. The predicted molar refractivity (Wildman–Crippen MR) is 31.4 cm³/mol. The van der Waals surface area contributed by atoms with Crippen molar-refractivity contribution in [2.45, 2.75) is 25.8 Å². The summed E-state index contributed by atoms with van der Waals surface area (Å²) < 4.78 is 0. The number of nitrogens with one attached hydrogen (secondary N) is 1. The van der Waals surface area contributed by atoms with Crippen LogP contribution < -0.4 is 5.32 Å². The minimum atomic E-state index is 0.488. The predicted octanol–water partition coefficient (Wildman–Crippen LogP) is 0.531. The van der Waals surface area contributed by atoms with Crippen molar-refractivity contribution in [2.24, 2.45) is 5.92 Å². The number of rotatable bonds is 2. The monoisotopic (exact) mass is 113 g/mol. The normalized spacial score (nSPS) is 35.6. The van der Waals surface area contributed by atoms with E-state index in [2.05, 4.69) is 12.2 Å². The van der Waals surface area contributed by atoms with Crippen LogP contribution in [0.25, 0.3) is 0 Å². The molecule has 1 saturated carbocycles. The molecule has 0 aromatic carbocycles.